The first-order valence-corrected chi connectivity index (χ1v) is 8.11. The van der Waals surface area contributed by atoms with Crippen molar-refractivity contribution in [2.75, 3.05) is 26.2 Å². The minimum atomic E-state index is 0.298. The highest BCUT2D eigenvalue weighted by Crippen LogP contribution is 2.26. The number of rotatable bonds is 6. The Balaban J connectivity index is 1.78. The second kappa shape index (κ2) is 7.24. The highest BCUT2D eigenvalue weighted by atomic mass is 15.1. The summed E-state index contributed by atoms with van der Waals surface area (Å²) < 4.78 is 0. The van der Waals surface area contributed by atoms with Crippen LogP contribution in [0.2, 0.25) is 0 Å². The predicted molar refractivity (Wildman–Crippen MR) is 86.8 cm³/mol. The molecule has 112 valence electrons. The standard InChI is InChI=1S/C18H30N2/c1-3-18(2,14-19)15-20-11-9-17(10-12-20)13-16-7-5-4-6-8-16/h4-8,17H,3,9-15,19H2,1-2H3. The zero-order chi connectivity index (χ0) is 14.4. The molecule has 1 aliphatic rings. The first kappa shape index (κ1) is 15.5. The largest absolute Gasteiger partial charge is 0.330 e. The van der Waals surface area contributed by atoms with Gasteiger partial charge in [0.05, 0.1) is 0 Å². The fraction of sp³-hybridized carbons (Fsp3) is 0.667. The van der Waals surface area contributed by atoms with E-state index in [4.69, 9.17) is 5.73 Å². The van der Waals surface area contributed by atoms with Gasteiger partial charge >= 0.3 is 0 Å². The Bertz CT molecular complexity index is 376. The van der Waals surface area contributed by atoms with Crippen LogP contribution in [0.5, 0.6) is 0 Å². The fourth-order valence-electron chi connectivity index (χ4n) is 3.16. The molecule has 20 heavy (non-hydrogen) atoms. The lowest BCUT2D eigenvalue weighted by Crippen LogP contribution is -2.44. The number of hydrogen-bond acceptors (Lipinski definition) is 2. The quantitative estimate of drug-likeness (QED) is 0.862. The number of nitrogens with zero attached hydrogens (tertiary/aromatic N) is 1. The second-order valence-corrected chi connectivity index (χ2v) is 6.78. The summed E-state index contributed by atoms with van der Waals surface area (Å²) in [5.41, 5.74) is 7.73. The van der Waals surface area contributed by atoms with Crippen molar-refractivity contribution in [1.29, 1.82) is 0 Å². The molecule has 2 nitrogen and oxygen atoms in total. The van der Waals surface area contributed by atoms with Gasteiger partial charge in [-0.1, -0.05) is 44.2 Å². The third-order valence-electron chi connectivity index (χ3n) is 5.03. The number of piperidine rings is 1. The summed E-state index contributed by atoms with van der Waals surface area (Å²) in [5.74, 6) is 0.861. The minimum Gasteiger partial charge on any atom is -0.330 e. The van der Waals surface area contributed by atoms with Crippen LogP contribution in [0.25, 0.3) is 0 Å². The minimum absolute atomic E-state index is 0.298. The van der Waals surface area contributed by atoms with Crippen LogP contribution < -0.4 is 5.73 Å². The molecular formula is C18H30N2. The summed E-state index contributed by atoms with van der Waals surface area (Å²) in [6.07, 6.45) is 5.09. The molecule has 1 heterocycles. The Morgan fingerprint density at radius 2 is 1.85 bits per heavy atom. The molecule has 0 amide bonds. The van der Waals surface area contributed by atoms with Crippen LogP contribution in [0.15, 0.2) is 30.3 Å². The lowest BCUT2D eigenvalue weighted by Gasteiger charge is -2.38. The molecule has 0 aliphatic carbocycles. The summed E-state index contributed by atoms with van der Waals surface area (Å²) in [6, 6.07) is 10.9. The Morgan fingerprint density at radius 3 is 2.40 bits per heavy atom. The predicted octanol–water partition coefficient (Wildman–Crippen LogP) is 3.32. The summed E-state index contributed by atoms with van der Waals surface area (Å²) in [6.45, 7) is 9.03. The Labute approximate surface area is 124 Å². The monoisotopic (exact) mass is 274 g/mol. The van der Waals surface area contributed by atoms with Gasteiger partial charge in [-0.05, 0) is 62.2 Å². The van der Waals surface area contributed by atoms with Crippen molar-refractivity contribution in [2.24, 2.45) is 17.1 Å². The van der Waals surface area contributed by atoms with Crippen LogP contribution in [0.3, 0.4) is 0 Å². The van der Waals surface area contributed by atoms with Crippen LogP contribution in [-0.2, 0) is 6.42 Å². The van der Waals surface area contributed by atoms with E-state index in [2.05, 4.69) is 49.1 Å². The van der Waals surface area contributed by atoms with E-state index < -0.39 is 0 Å². The van der Waals surface area contributed by atoms with E-state index in [1.807, 2.05) is 0 Å². The van der Waals surface area contributed by atoms with Gasteiger partial charge < -0.3 is 10.6 Å². The van der Waals surface area contributed by atoms with Crippen molar-refractivity contribution >= 4 is 0 Å². The lowest BCUT2D eigenvalue weighted by molar-refractivity contribution is 0.120. The van der Waals surface area contributed by atoms with Crippen molar-refractivity contribution in [1.82, 2.24) is 4.90 Å². The van der Waals surface area contributed by atoms with Crippen molar-refractivity contribution < 1.29 is 0 Å². The number of nitrogens with two attached hydrogens (primary N) is 1. The van der Waals surface area contributed by atoms with E-state index in [1.54, 1.807) is 0 Å². The molecule has 1 fully saturated rings. The van der Waals surface area contributed by atoms with Crippen molar-refractivity contribution in [3.8, 4) is 0 Å². The van der Waals surface area contributed by atoms with Gasteiger partial charge in [0.25, 0.3) is 0 Å². The van der Waals surface area contributed by atoms with Gasteiger partial charge in [-0.15, -0.1) is 0 Å². The van der Waals surface area contributed by atoms with Crippen LogP contribution in [0.4, 0.5) is 0 Å². The molecule has 1 atom stereocenters. The molecule has 0 saturated carbocycles. The normalized spacial score (nSPS) is 20.8. The number of hydrogen-bond donors (Lipinski definition) is 1. The molecule has 1 aromatic rings. The smallest absolute Gasteiger partial charge is 0.00473 e. The molecule has 0 bridgehead atoms. The van der Waals surface area contributed by atoms with E-state index >= 15 is 0 Å². The zero-order valence-electron chi connectivity index (χ0n) is 13.1. The maximum atomic E-state index is 5.94. The second-order valence-electron chi connectivity index (χ2n) is 6.78. The Hall–Kier alpha value is -0.860. The topological polar surface area (TPSA) is 29.3 Å². The van der Waals surface area contributed by atoms with Gasteiger partial charge in [0, 0.05) is 6.54 Å². The van der Waals surface area contributed by atoms with Crippen LogP contribution in [-0.4, -0.2) is 31.1 Å². The third-order valence-corrected chi connectivity index (χ3v) is 5.03. The van der Waals surface area contributed by atoms with E-state index in [-0.39, 0.29) is 0 Å². The van der Waals surface area contributed by atoms with Gasteiger partial charge in [0.15, 0.2) is 0 Å². The molecule has 0 aromatic heterocycles. The van der Waals surface area contributed by atoms with Crippen LogP contribution in [0.1, 0.15) is 38.7 Å². The zero-order valence-corrected chi connectivity index (χ0v) is 13.1. The first-order valence-electron chi connectivity index (χ1n) is 8.11. The van der Waals surface area contributed by atoms with Crippen LogP contribution in [0, 0.1) is 11.3 Å². The molecule has 2 N–H and O–H groups in total. The van der Waals surface area contributed by atoms with Gasteiger partial charge in [-0.3, -0.25) is 0 Å². The summed E-state index contributed by atoms with van der Waals surface area (Å²) in [4.78, 5) is 2.62. The van der Waals surface area contributed by atoms with Crippen LogP contribution >= 0.6 is 0 Å². The Kier molecular flexibility index (Phi) is 5.62. The fourth-order valence-corrected chi connectivity index (χ4v) is 3.16. The SMILES string of the molecule is CCC(C)(CN)CN1CCC(Cc2ccccc2)CC1. The van der Waals surface area contributed by atoms with Gasteiger partial charge in [-0.25, -0.2) is 0 Å². The summed E-state index contributed by atoms with van der Waals surface area (Å²) in [5, 5.41) is 0. The van der Waals surface area contributed by atoms with Crippen molar-refractivity contribution in [3.63, 3.8) is 0 Å². The van der Waals surface area contributed by atoms with E-state index in [1.165, 1.54) is 44.3 Å². The molecule has 2 rings (SSSR count). The van der Waals surface area contributed by atoms with E-state index in [0.29, 0.717) is 5.41 Å². The average Bonchev–Trinajstić information content (AvgIpc) is 2.50. The number of benzene rings is 1. The molecular weight excluding hydrogens is 244 g/mol. The Morgan fingerprint density at radius 1 is 1.20 bits per heavy atom. The average molecular weight is 274 g/mol. The van der Waals surface area contributed by atoms with E-state index in [9.17, 15) is 0 Å². The molecule has 1 aliphatic heterocycles. The molecule has 1 aromatic carbocycles. The lowest BCUT2D eigenvalue weighted by atomic mass is 9.85. The molecule has 0 spiro atoms. The highest BCUT2D eigenvalue weighted by molar-refractivity contribution is 5.15. The maximum absolute atomic E-state index is 5.94. The summed E-state index contributed by atoms with van der Waals surface area (Å²) in [7, 11) is 0. The molecule has 0 radical (unpaired) electrons. The summed E-state index contributed by atoms with van der Waals surface area (Å²) >= 11 is 0. The van der Waals surface area contributed by atoms with Crippen molar-refractivity contribution in [3.05, 3.63) is 35.9 Å². The molecule has 2 heteroatoms. The molecule has 1 saturated heterocycles. The maximum Gasteiger partial charge on any atom is 0.00473 e. The van der Waals surface area contributed by atoms with E-state index in [0.717, 1.165) is 19.0 Å². The highest BCUT2D eigenvalue weighted by Gasteiger charge is 2.26. The number of likely N-dealkylation sites (tertiary alicyclic amines) is 1. The first-order chi connectivity index (χ1) is 9.65. The molecule has 1 unspecified atom stereocenters. The van der Waals surface area contributed by atoms with Gasteiger partial charge in [0.2, 0.25) is 0 Å². The van der Waals surface area contributed by atoms with Gasteiger partial charge in [-0.2, -0.15) is 0 Å². The third kappa shape index (κ3) is 4.32. The van der Waals surface area contributed by atoms with Gasteiger partial charge in [0.1, 0.15) is 0 Å². The van der Waals surface area contributed by atoms with Crippen molar-refractivity contribution in [2.45, 2.75) is 39.5 Å².